The minimum atomic E-state index is -0.890. The Balaban J connectivity index is 2.35. The van der Waals surface area contributed by atoms with Gasteiger partial charge in [-0.1, -0.05) is 15.9 Å². The minimum absolute atomic E-state index is 0.235. The first kappa shape index (κ1) is 14.0. The quantitative estimate of drug-likeness (QED) is 0.883. The second kappa shape index (κ2) is 5.67. The number of pyridine rings is 1. The van der Waals surface area contributed by atoms with Crippen LogP contribution in [0.1, 0.15) is 15.9 Å². The van der Waals surface area contributed by atoms with Gasteiger partial charge in [0.1, 0.15) is 6.07 Å². The van der Waals surface area contributed by atoms with Gasteiger partial charge in [0.15, 0.2) is 11.6 Å². The van der Waals surface area contributed by atoms with E-state index in [4.69, 9.17) is 11.0 Å². The Morgan fingerprint density at radius 3 is 2.90 bits per heavy atom. The average Bonchev–Trinajstić information content (AvgIpc) is 2.42. The Kier molecular flexibility index (Phi) is 3.96. The third-order valence-corrected chi connectivity index (χ3v) is 3.00. The third-order valence-electron chi connectivity index (χ3n) is 2.51. The number of nitriles is 1. The Hall–Kier alpha value is -2.46. The van der Waals surface area contributed by atoms with Gasteiger partial charge in [-0.05, 0) is 24.3 Å². The molecule has 100 valence electrons. The zero-order valence-electron chi connectivity index (χ0n) is 10.0. The molecule has 0 saturated heterocycles. The molecule has 0 aliphatic rings. The summed E-state index contributed by atoms with van der Waals surface area (Å²) in [6.07, 6.45) is 1.24. The smallest absolute Gasteiger partial charge is 0.258 e. The van der Waals surface area contributed by atoms with Gasteiger partial charge in [-0.15, -0.1) is 0 Å². The van der Waals surface area contributed by atoms with Crippen molar-refractivity contribution in [3.8, 4) is 6.07 Å². The van der Waals surface area contributed by atoms with Gasteiger partial charge < -0.3 is 11.1 Å². The van der Waals surface area contributed by atoms with Gasteiger partial charge in [-0.2, -0.15) is 5.26 Å². The summed E-state index contributed by atoms with van der Waals surface area (Å²) in [4.78, 5) is 15.5. The first-order chi connectivity index (χ1) is 9.52. The number of nitrogens with two attached hydrogens (primary N) is 1. The zero-order valence-corrected chi connectivity index (χ0v) is 11.6. The molecule has 7 heteroatoms. The molecule has 0 aliphatic carbocycles. The van der Waals surface area contributed by atoms with Crippen molar-refractivity contribution in [2.75, 3.05) is 11.1 Å². The van der Waals surface area contributed by atoms with Crippen LogP contribution in [0.15, 0.2) is 34.9 Å². The molecule has 0 bridgehead atoms. The van der Waals surface area contributed by atoms with E-state index in [1.54, 1.807) is 12.1 Å². The summed E-state index contributed by atoms with van der Waals surface area (Å²) in [6, 6.07) is 7.91. The van der Waals surface area contributed by atoms with E-state index in [0.717, 1.165) is 0 Å². The van der Waals surface area contributed by atoms with Gasteiger partial charge in [0.25, 0.3) is 5.91 Å². The standard InChI is InChI=1S/C13H8BrFN4O/c14-8-2-1-7(6-16)10(5-8)19-13(20)9-3-4-18-12(17)11(9)15/h1-5H,(H2,17,18)(H,19,20). The maximum Gasteiger partial charge on any atom is 0.258 e. The van der Waals surface area contributed by atoms with Crippen molar-refractivity contribution in [2.45, 2.75) is 0 Å². The number of carbonyl (C=O) groups excluding carboxylic acids is 1. The predicted molar refractivity (Wildman–Crippen MR) is 75.4 cm³/mol. The summed E-state index contributed by atoms with van der Waals surface area (Å²) in [7, 11) is 0. The highest BCUT2D eigenvalue weighted by Gasteiger charge is 2.16. The monoisotopic (exact) mass is 334 g/mol. The molecule has 20 heavy (non-hydrogen) atoms. The molecule has 0 spiro atoms. The molecule has 0 fully saturated rings. The SMILES string of the molecule is N#Cc1ccc(Br)cc1NC(=O)c1ccnc(N)c1F. The molecular weight excluding hydrogens is 327 g/mol. The van der Waals surface area contributed by atoms with Gasteiger partial charge in [-0.3, -0.25) is 4.79 Å². The van der Waals surface area contributed by atoms with Crippen LogP contribution in [0.4, 0.5) is 15.9 Å². The van der Waals surface area contributed by atoms with Crippen molar-refractivity contribution in [1.82, 2.24) is 4.98 Å². The maximum atomic E-state index is 13.7. The average molecular weight is 335 g/mol. The number of benzene rings is 1. The van der Waals surface area contributed by atoms with E-state index in [-0.39, 0.29) is 22.6 Å². The van der Waals surface area contributed by atoms with Crippen LogP contribution in [-0.4, -0.2) is 10.9 Å². The number of nitrogens with zero attached hydrogens (tertiary/aromatic N) is 2. The molecule has 0 radical (unpaired) electrons. The topological polar surface area (TPSA) is 91.8 Å². The molecule has 1 aromatic heterocycles. The maximum absolute atomic E-state index is 13.7. The highest BCUT2D eigenvalue weighted by Crippen LogP contribution is 2.22. The lowest BCUT2D eigenvalue weighted by Crippen LogP contribution is -2.16. The fraction of sp³-hybridized carbons (Fsp3) is 0. The number of hydrogen-bond acceptors (Lipinski definition) is 4. The van der Waals surface area contributed by atoms with Crippen LogP contribution in [0, 0.1) is 17.1 Å². The van der Waals surface area contributed by atoms with E-state index in [2.05, 4.69) is 26.2 Å². The summed E-state index contributed by atoms with van der Waals surface area (Å²) in [5.74, 6) is -1.95. The fourth-order valence-corrected chi connectivity index (χ4v) is 1.90. The molecule has 0 unspecified atom stereocenters. The molecule has 3 N–H and O–H groups in total. The number of rotatable bonds is 2. The van der Waals surface area contributed by atoms with Crippen LogP contribution in [0.5, 0.6) is 0 Å². The van der Waals surface area contributed by atoms with E-state index < -0.39 is 11.7 Å². The van der Waals surface area contributed by atoms with E-state index in [9.17, 15) is 9.18 Å². The normalized spacial score (nSPS) is 9.85. The number of hydrogen-bond donors (Lipinski definition) is 2. The first-order valence-corrected chi connectivity index (χ1v) is 6.23. The van der Waals surface area contributed by atoms with Crippen molar-refractivity contribution in [3.05, 3.63) is 51.9 Å². The molecule has 1 aromatic carbocycles. The van der Waals surface area contributed by atoms with Crippen molar-refractivity contribution in [3.63, 3.8) is 0 Å². The van der Waals surface area contributed by atoms with E-state index in [1.807, 2.05) is 6.07 Å². The second-order valence-corrected chi connectivity index (χ2v) is 4.73. The lowest BCUT2D eigenvalue weighted by atomic mass is 10.1. The molecule has 0 atom stereocenters. The molecule has 0 aliphatic heterocycles. The molecule has 1 amide bonds. The lowest BCUT2D eigenvalue weighted by molar-refractivity contribution is 0.102. The van der Waals surface area contributed by atoms with Gasteiger partial charge in [0, 0.05) is 10.7 Å². The largest absolute Gasteiger partial charge is 0.381 e. The highest BCUT2D eigenvalue weighted by atomic mass is 79.9. The van der Waals surface area contributed by atoms with E-state index in [1.165, 1.54) is 18.3 Å². The molecule has 0 saturated carbocycles. The Labute approximate surface area is 122 Å². The molecule has 2 aromatic rings. The summed E-state index contributed by atoms with van der Waals surface area (Å²) in [5.41, 5.74) is 5.62. The minimum Gasteiger partial charge on any atom is -0.381 e. The number of nitrogens with one attached hydrogen (secondary N) is 1. The molecule has 5 nitrogen and oxygen atoms in total. The third kappa shape index (κ3) is 2.75. The summed E-state index contributed by atoms with van der Waals surface area (Å²) < 4.78 is 14.4. The van der Waals surface area contributed by atoms with Gasteiger partial charge in [0.2, 0.25) is 0 Å². The van der Waals surface area contributed by atoms with Crippen molar-refractivity contribution in [1.29, 1.82) is 5.26 Å². The summed E-state index contributed by atoms with van der Waals surface area (Å²) in [5, 5.41) is 11.4. The van der Waals surface area contributed by atoms with Gasteiger partial charge >= 0.3 is 0 Å². The first-order valence-electron chi connectivity index (χ1n) is 5.44. The molecular formula is C13H8BrFN4O. The van der Waals surface area contributed by atoms with Crippen molar-refractivity contribution in [2.24, 2.45) is 0 Å². The predicted octanol–water partition coefficient (Wildman–Crippen LogP) is 2.69. The molecule has 1 heterocycles. The van der Waals surface area contributed by atoms with Crippen LogP contribution in [0.2, 0.25) is 0 Å². The highest BCUT2D eigenvalue weighted by molar-refractivity contribution is 9.10. The summed E-state index contributed by atoms with van der Waals surface area (Å²) in [6.45, 7) is 0. The lowest BCUT2D eigenvalue weighted by Gasteiger charge is -2.08. The van der Waals surface area contributed by atoms with Crippen LogP contribution in [0.25, 0.3) is 0 Å². The number of halogens is 2. The zero-order chi connectivity index (χ0) is 14.7. The van der Waals surface area contributed by atoms with Gasteiger partial charge in [0.05, 0.1) is 16.8 Å². The van der Waals surface area contributed by atoms with Crippen LogP contribution in [0.3, 0.4) is 0 Å². The van der Waals surface area contributed by atoms with Crippen molar-refractivity contribution >= 4 is 33.3 Å². The number of nitrogen functional groups attached to an aromatic ring is 1. The van der Waals surface area contributed by atoms with Crippen molar-refractivity contribution < 1.29 is 9.18 Å². The number of aromatic nitrogens is 1. The number of carbonyl (C=O) groups is 1. The van der Waals surface area contributed by atoms with Crippen LogP contribution < -0.4 is 11.1 Å². The fourth-order valence-electron chi connectivity index (χ4n) is 1.54. The van der Waals surface area contributed by atoms with Gasteiger partial charge in [-0.25, -0.2) is 9.37 Å². The Morgan fingerprint density at radius 1 is 1.45 bits per heavy atom. The molecule has 2 rings (SSSR count). The Morgan fingerprint density at radius 2 is 2.20 bits per heavy atom. The van der Waals surface area contributed by atoms with E-state index in [0.29, 0.717) is 4.47 Å². The van der Waals surface area contributed by atoms with E-state index >= 15 is 0 Å². The van der Waals surface area contributed by atoms with Crippen LogP contribution in [-0.2, 0) is 0 Å². The number of anilines is 2. The number of amides is 1. The summed E-state index contributed by atoms with van der Waals surface area (Å²) >= 11 is 3.23. The Bertz CT molecular complexity index is 727. The second-order valence-electron chi connectivity index (χ2n) is 3.81. The van der Waals surface area contributed by atoms with Crippen LogP contribution >= 0.6 is 15.9 Å².